The Morgan fingerprint density at radius 3 is 2.33 bits per heavy atom. The smallest absolute Gasteiger partial charge is 0.269 e. The molecule has 0 radical (unpaired) electrons. The van der Waals surface area contributed by atoms with Crippen molar-refractivity contribution in [1.82, 2.24) is 15.8 Å². The summed E-state index contributed by atoms with van der Waals surface area (Å²) in [5.41, 5.74) is 5.27. The average Bonchev–Trinajstić information content (AvgIpc) is 2.36. The van der Waals surface area contributed by atoms with Gasteiger partial charge in [0.1, 0.15) is 0 Å². The number of amides is 2. The summed E-state index contributed by atoms with van der Waals surface area (Å²) in [6.45, 7) is 4.23. The summed E-state index contributed by atoms with van der Waals surface area (Å²) in [6, 6.07) is 9.00. The zero-order chi connectivity index (χ0) is 13.5. The first-order valence-corrected chi connectivity index (χ1v) is 5.85. The third-order valence-electron chi connectivity index (χ3n) is 2.63. The van der Waals surface area contributed by atoms with Crippen molar-refractivity contribution in [2.45, 2.75) is 19.9 Å². The molecule has 18 heavy (non-hydrogen) atoms. The number of carbonyl (C=O) groups is 2. The Kier molecular flexibility index (Phi) is 5.32. The van der Waals surface area contributed by atoms with Crippen molar-refractivity contribution >= 4 is 11.8 Å². The molecule has 0 aromatic heterocycles. The first-order valence-electron chi connectivity index (χ1n) is 5.85. The molecule has 0 saturated heterocycles. The molecule has 0 saturated carbocycles. The van der Waals surface area contributed by atoms with E-state index in [1.807, 2.05) is 31.9 Å². The predicted octanol–water partition coefficient (Wildman–Crippen LogP) is 0.788. The molecule has 0 aliphatic rings. The fourth-order valence-electron chi connectivity index (χ4n) is 1.24. The molecule has 0 heterocycles. The lowest BCUT2D eigenvalue weighted by atomic mass is 10.2. The largest absolute Gasteiger partial charge is 0.295 e. The Balaban J connectivity index is 2.37. The van der Waals surface area contributed by atoms with E-state index >= 15 is 0 Å². The van der Waals surface area contributed by atoms with E-state index < -0.39 is 0 Å². The Bertz CT molecular complexity index is 404. The maximum Gasteiger partial charge on any atom is 0.269 e. The fourth-order valence-corrected chi connectivity index (χ4v) is 1.24. The van der Waals surface area contributed by atoms with Crippen LogP contribution in [0, 0.1) is 0 Å². The van der Waals surface area contributed by atoms with Crippen LogP contribution in [0.5, 0.6) is 0 Å². The van der Waals surface area contributed by atoms with Gasteiger partial charge < -0.3 is 0 Å². The molecular weight excluding hydrogens is 230 g/mol. The number of nitrogens with one attached hydrogen (secondary N) is 2. The summed E-state index contributed by atoms with van der Waals surface area (Å²) in [5.74, 6) is -0.563. The first-order chi connectivity index (χ1) is 8.50. The van der Waals surface area contributed by atoms with Gasteiger partial charge in [0.15, 0.2) is 0 Å². The molecule has 1 aromatic carbocycles. The minimum Gasteiger partial charge on any atom is -0.295 e. The van der Waals surface area contributed by atoms with Crippen LogP contribution in [0.25, 0.3) is 0 Å². The molecule has 1 aromatic rings. The van der Waals surface area contributed by atoms with Gasteiger partial charge in [-0.15, -0.1) is 0 Å². The molecule has 0 atom stereocenters. The number of carbonyl (C=O) groups excluding carboxylic acids is 2. The predicted molar refractivity (Wildman–Crippen MR) is 69.8 cm³/mol. The highest BCUT2D eigenvalue weighted by Gasteiger charge is 2.10. The Labute approximate surface area is 107 Å². The first kappa shape index (κ1) is 14.2. The topological polar surface area (TPSA) is 61.4 Å². The Morgan fingerprint density at radius 1 is 1.17 bits per heavy atom. The average molecular weight is 249 g/mol. The van der Waals surface area contributed by atoms with Crippen molar-refractivity contribution in [2.24, 2.45) is 0 Å². The number of hydrogen-bond donors (Lipinski definition) is 2. The van der Waals surface area contributed by atoms with Gasteiger partial charge in [-0.3, -0.25) is 25.3 Å². The van der Waals surface area contributed by atoms with Crippen molar-refractivity contribution in [2.75, 3.05) is 13.6 Å². The van der Waals surface area contributed by atoms with Crippen LogP contribution in [0.2, 0.25) is 0 Å². The highest BCUT2D eigenvalue weighted by molar-refractivity contribution is 5.95. The molecule has 98 valence electrons. The second kappa shape index (κ2) is 6.76. The molecule has 1 rings (SSSR count). The lowest BCUT2D eigenvalue weighted by Crippen LogP contribution is -2.46. The maximum absolute atomic E-state index is 11.6. The molecule has 0 bridgehead atoms. The van der Waals surface area contributed by atoms with Gasteiger partial charge >= 0.3 is 0 Å². The van der Waals surface area contributed by atoms with Gasteiger partial charge in [-0.25, -0.2) is 0 Å². The van der Waals surface area contributed by atoms with Crippen molar-refractivity contribution in [3.05, 3.63) is 35.9 Å². The lowest BCUT2D eigenvalue weighted by molar-refractivity contribution is -0.123. The van der Waals surface area contributed by atoms with Crippen LogP contribution in [0.3, 0.4) is 0 Å². The summed E-state index contributed by atoms with van der Waals surface area (Å²) in [7, 11) is 1.85. The third-order valence-corrected chi connectivity index (χ3v) is 2.63. The number of nitrogens with zero attached hydrogens (tertiary/aromatic N) is 1. The van der Waals surface area contributed by atoms with Gasteiger partial charge in [-0.2, -0.15) is 0 Å². The molecule has 0 aliphatic heterocycles. The Morgan fingerprint density at radius 2 is 1.78 bits per heavy atom. The zero-order valence-corrected chi connectivity index (χ0v) is 10.9. The van der Waals surface area contributed by atoms with E-state index in [4.69, 9.17) is 0 Å². The van der Waals surface area contributed by atoms with Crippen molar-refractivity contribution in [1.29, 1.82) is 0 Å². The van der Waals surface area contributed by atoms with Crippen LogP contribution in [-0.4, -0.2) is 36.3 Å². The zero-order valence-electron chi connectivity index (χ0n) is 10.9. The molecule has 2 N–H and O–H groups in total. The fraction of sp³-hybridized carbons (Fsp3) is 0.385. The van der Waals surface area contributed by atoms with Gasteiger partial charge in [0, 0.05) is 11.6 Å². The van der Waals surface area contributed by atoms with Gasteiger partial charge in [0.05, 0.1) is 6.54 Å². The summed E-state index contributed by atoms with van der Waals surface area (Å²) < 4.78 is 0. The quantitative estimate of drug-likeness (QED) is 0.775. The molecule has 0 unspecified atom stereocenters. The second-order valence-electron chi connectivity index (χ2n) is 4.38. The minimum atomic E-state index is -0.323. The van der Waals surface area contributed by atoms with E-state index in [-0.39, 0.29) is 24.4 Å². The molecule has 5 nitrogen and oxygen atoms in total. The van der Waals surface area contributed by atoms with Crippen molar-refractivity contribution in [3.8, 4) is 0 Å². The monoisotopic (exact) mass is 249 g/mol. The molecule has 2 amide bonds. The standard InChI is InChI=1S/C13H19N3O2/c1-10(2)16(3)9-12(17)14-15-13(18)11-7-5-4-6-8-11/h4-8,10H,9H2,1-3H3,(H,14,17)(H,15,18). The molecule has 0 fully saturated rings. The van der Waals surface area contributed by atoms with E-state index in [0.29, 0.717) is 5.56 Å². The highest BCUT2D eigenvalue weighted by Crippen LogP contribution is 1.97. The summed E-state index contributed by atoms with van der Waals surface area (Å²) in [4.78, 5) is 25.0. The lowest BCUT2D eigenvalue weighted by Gasteiger charge is -2.20. The SMILES string of the molecule is CC(C)N(C)CC(=O)NNC(=O)c1ccccc1. The van der Waals surface area contributed by atoms with E-state index in [2.05, 4.69) is 10.9 Å². The van der Waals surface area contributed by atoms with E-state index in [9.17, 15) is 9.59 Å². The normalized spacial score (nSPS) is 10.5. The summed E-state index contributed by atoms with van der Waals surface area (Å²) >= 11 is 0. The molecule has 0 spiro atoms. The third kappa shape index (κ3) is 4.55. The molecular formula is C13H19N3O2. The highest BCUT2D eigenvalue weighted by atomic mass is 16.2. The summed E-state index contributed by atoms with van der Waals surface area (Å²) in [5, 5.41) is 0. The van der Waals surface area contributed by atoms with E-state index in [1.54, 1.807) is 24.3 Å². The second-order valence-corrected chi connectivity index (χ2v) is 4.38. The van der Waals surface area contributed by atoms with Crippen LogP contribution in [0.4, 0.5) is 0 Å². The van der Waals surface area contributed by atoms with Crippen LogP contribution in [-0.2, 0) is 4.79 Å². The van der Waals surface area contributed by atoms with Crippen molar-refractivity contribution in [3.63, 3.8) is 0 Å². The molecule has 5 heteroatoms. The van der Waals surface area contributed by atoms with Crippen molar-refractivity contribution < 1.29 is 9.59 Å². The van der Waals surface area contributed by atoms with E-state index in [0.717, 1.165) is 0 Å². The van der Waals surface area contributed by atoms with Gasteiger partial charge in [-0.1, -0.05) is 18.2 Å². The van der Waals surface area contributed by atoms with Gasteiger partial charge in [-0.05, 0) is 33.0 Å². The van der Waals surface area contributed by atoms with Crippen LogP contribution in [0.15, 0.2) is 30.3 Å². The maximum atomic E-state index is 11.6. The molecule has 0 aliphatic carbocycles. The van der Waals surface area contributed by atoms with Crippen LogP contribution >= 0.6 is 0 Å². The van der Waals surface area contributed by atoms with Gasteiger partial charge in [0.25, 0.3) is 11.8 Å². The number of hydrogen-bond acceptors (Lipinski definition) is 3. The minimum absolute atomic E-state index is 0.240. The number of benzene rings is 1. The number of likely N-dealkylation sites (N-methyl/N-ethyl adjacent to an activating group) is 1. The summed E-state index contributed by atoms with van der Waals surface area (Å²) in [6.07, 6.45) is 0. The number of rotatable bonds is 4. The van der Waals surface area contributed by atoms with Crippen LogP contribution < -0.4 is 10.9 Å². The number of hydrazine groups is 1. The van der Waals surface area contributed by atoms with E-state index in [1.165, 1.54) is 0 Å². The Hall–Kier alpha value is -1.88. The van der Waals surface area contributed by atoms with Crippen LogP contribution in [0.1, 0.15) is 24.2 Å². The van der Waals surface area contributed by atoms with Gasteiger partial charge in [0.2, 0.25) is 0 Å².